The van der Waals surface area contributed by atoms with Crippen LogP contribution in [-0.2, 0) is 6.54 Å². The molecule has 1 aliphatic heterocycles. The maximum Gasteiger partial charge on any atom is 0.266 e. The summed E-state index contributed by atoms with van der Waals surface area (Å²) in [5.41, 5.74) is 1.97. The molecule has 3 heterocycles. The Morgan fingerprint density at radius 3 is 2.63 bits per heavy atom. The molecule has 0 saturated carbocycles. The van der Waals surface area contributed by atoms with Crippen molar-refractivity contribution in [3.63, 3.8) is 0 Å². The molecular weight excluding hydrogens is 340 g/mol. The molecular formula is C21H20N4O2. The normalized spacial score (nSPS) is 14.3. The minimum absolute atomic E-state index is 0.0499. The summed E-state index contributed by atoms with van der Waals surface area (Å²) in [5.74, 6) is 0. The van der Waals surface area contributed by atoms with E-state index in [0.717, 1.165) is 18.7 Å². The molecule has 136 valence electrons. The van der Waals surface area contributed by atoms with Gasteiger partial charge in [0, 0.05) is 25.0 Å². The standard InChI is InChI=1S/C21H20N4O2/c22-13-16-12-17-18(23-20(16)26)8-11-25(21(17)27)14-15-6-2-3-7-19(15)24-9-4-1-5-10-24/h2-3,6-8,11-12H,1,4-5,9-10,14H2,(H,23,26). The van der Waals surface area contributed by atoms with Gasteiger partial charge in [-0.25, -0.2) is 0 Å². The molecule has 0 atom stereocenters. The van der Waals surface area contributed by atoms with Gasteiger partial charge in [-0.1, -0.05) is 18.2 Å². The molecule has 6 nitrogen and oxygen atoms in total. The second kappa shape index (κ2) is 7.12. The smallest absolute Gasteiger partial charge is 0.266 e. The van der Waals surface area contributed by atoms with Gasteiger partial charge in [0.05, 0.1) is 17.4 Å². The van der Waals surface area contributed by atoms with Gasteiger partial charge in [-0.2, -0.15) is 5.26 Å². The third kappa shape index (κ3) is 3.24. The lowest BCUT2D eigenvalue weighted by Gasteiger charge is -2.30. The summed E-state index contributed by atoms with van der Waals surface area (Å²) in [5, 5.41) is 9.42. The predicted octanol–water partition coefficient (Wildman–Crippen LogP) is 2.60. The Labute approximate surface area is 156 Å². The Balaban J connectivity index is 1.75. The lowest BCUT2D eigenvalue weighted by molar-refractivity contribution is 0.575. The van der Waals surface area contributed by atoms with Crippen molar-refractivity contribution in [2.75, 3.05) is 18.0 Å². The first-order valence-corrected chi connectivity index (χ1v) is 9.17. The zero-order chi connectivity index (χ0) is 18.8. The van der Waals surface area contributed by atoms with Gasteiger partial charge in [-0.05, 0) is 43.0 Å². The van der Waals surface area contributed by atoms with E-state index < -0.39 is 5.56 Å². The summed E-state index contributed by atoms with van der Waals surface area (Å²) in [6, 6.07) is 13.1. The number of pyridine rings is 2. The average molecular weight is 360 g/mol. The maximum absolute atomic E-state index is 12.9. The van der Waals surface area contributed by atoms with Crippen LogP contribution in [0.1, 0.15) is 30.4 Å². The van der Waals surface area contributed by atoms with E-state index in [9.17, 15) is 9.59 Å². The number of nitriles is 1. The van der Waals surface area contributed by atoms with E-state index in [1.54, 1.807) is 16.8 Å². The number of nitrogens with one attached hydrogen (secondary N) is 1. The van der Waals surface area contributed by atoms with Crippen molar-refractivity contribution in [3.8, 4) is 6.07 Å². The van der Waals surface area contributed by atoms with E-state index in [0.29, 0.717) is 17.4 Å². The van der Waals surface area contributed by atoms with Gasteiger partial charge in [0.1, 0.15) is 11.6 Å². The molecule has 0 bridgehead atoms. The lowest BCUT2D eigenvalue weighted by Crippen LogP contribution is -2.31. The number of anilines is 1. The van der Waals surface area contributed by atoms with Gasteiger partial charge < -0.3 is 14.5 Å². The minimum Gasteiger partial charge on any atom is -0.371 e. The highest BCUT2D eigenvalue weighted by atomic mass is 16.1. The molecule has 2 aromatic heterocycles. The number of benzene rings is 1. The second-order valence-electron chi connectivity index (χ2n) is 6.88. The van der Waals surface area contributed by atoms with E-state index in [4.69, 9.17) is 5.26 Å². The van der Waals surface area contributed by atoms with Crippen molar-refractivity contribution in [1.29, 1.82) is 5.26 Å². The fourth-order valence-electron chi connectivity index (χ4n) is 3.72. The topological polar surface area (TPSA) is 81.9 Å². The van der Waals surface area contributed by atoms with Gasteiger partial charge >= 0.3 is 0 Å². The number of aromatic nitrogens is 2. The first kappa shape index (κ1) is 17.1. The molecule has 3 aromatic rings. The van der Waals surface area contributed by atoms with Crippen LogP contribution in [0.3, 0.4) is 0 Å². The molecule has 1 aromatic carbocycles. The van der Waals surface area contributed by atoms with E-state index in [1.807, 2.05) is 24.3 Å². The fourth-order valence-corrected chi connectivity index (χ4v) is 3.72. The van der Waals surface area contributed by atoms with E-state index in [-0.39, 0.29) is 11.1 Å². The summed E-state index contributed by atoms with van der Waals surface area (Å²) in [6.45, 7) is 2.52. The first-order valence-electron chi connectivity index (χ1n) is 9.17. The third-order valence-corrected chi connectivity index (χ3v) is 5.13. The fraction of sp³-hybridized carbons (Fsp3) is 0.286. The predicted molar refractivity (Wildman–Crippen MR) is 105 cm³/mol. The van der Waals surface area contributed by atoms with Crippen molar-refractivity contribution >= 4 is 16.6 Å². The van der Waals surface area contributed by atoms with E-state index >= 15 is 0 Å². The van der Waals surface area contributed by atoms with Gasteiger partial charge in [0.15, 0.2) is 0 Å². The number of H-pyrrole nitrogens is 1. The van der Waals surface area contributed by atoms with Crippen LogP contribution in [0.2, 0.25) is 0 Å². The van der Waals surface area contributed by atoms with Gasteiger partial charge in [-0.3, -0.25) is 9.59 Å². The maximum atomic E-state index is 12.9. The van der Waals surface area contributed by atoms with Gasteiger partial charge in [-0.15, -0.1) is 0 Å². The molecule has 4 rings (SSSR count). The number of piperidine rings is 1. The van der Waals surface area contributed by atoms with Crippen LogP contribution in [0.25, 0.3) is 10.9 Å². The number of para-hydroxylation sites is 1. The van der Waals surface area contributed by atoms with Crippen molar-refractivity contribution in [2.24, 2.45) is 0 Å². The Bertz CT molecular complexity index is 1150. The van der Waals surface area contributed by atoms with Crippen LogP contribution in [-0.4, -0.2) is 22.6 Å². The summed E-state index contributed by atoms with van der Waals surface area (Å²) in [6.07, 6.45) is 5.34. The Kier molecular flexibility index (Phi) is 4.51. The monoisotopic (exact) mass is 360 g/mol. The molecule has 1 N–H and O–H groups in total. The van der Waals surface area contributed by atoms with Crippen LogP contribution >= 0.6 is 0 Å². The SMILES string of the molecule is N#Cc1cc2c(=O)n(Cc3ccccc3N3CCCCC3)ccc2[nH]c1=O. The number of hydrogen-bond acceptors (Lipinski definition) is 4. The van der Waals surface area contributed by atoms with E-state index in [1.165, 1.54) is 31.0 Å². The molecule has 0 unspecified atom stereocenters. The Hall–Kier alpha value is -3.33. The zero-order valence-electron chi connectivity index (χ0n) is 14.9. The summed E-state index contributed by atoms with van der Waals surface area (Å²) in [7, 11) is 0. The Morgan fingerprint density at radius 1 is 1.07 bits per heavy atom. The second-order valence-corrected chi connectivity index (χ2v) is 6.88. The van der Waals surface area contributed by atoms with Crippen molar-refractivity contribution < 1.29 is 0 Å². The van der Waals surface area contributed by atoms with E-state index in [2.05, 4.69) is 16.0 Å². The van der Waals surface area contributed by atoms with Crippen LogP contribution in [0, 0.1) is 11.3 Å². The molecule has 1 saturated heterocycles. The number of aromatic amines is 1. The van der Waals surface area contributed by atoms with Crippen molar-refractivity contribution in [2.45, 2.75) is 25.8 Å². The summed E-state index contributed by atoms with van der Waals surface area (Å²) < 4.78 is 1.63. The molecule has 0 amide bonds. The summed E-state index contributed by atoms with van der Waals surface area (Å²) >= 11 is 0. The van der Waals surface area contributed by atoms with Crippen molar-refractivity contribution in [3.05, 3.63) is 74.4 Å². The largest absolute Gasteiger partial charge is 0.371 e. The number of nitrogens with zero attached hydrogens (tertiary/aromatic N) is 3. The van der Waals surface area contributed by atoms with Crippen LogP contribution < -0.4 is 16.0 Å². The minimum atomic E-state index is -0.474. The molecule has 0 aliphatic carbocycles. The van der Waals surface area contributed by atoms with Crippen LogP contribution in [0.5, 0.6) is 0 Å². The molecule has 0 spiro atoms. The molecule has 27 heavy (non-hydrogen) atoms. The zero-order valence-corrected chi connectivity index (χ0v) is 14.9. The highest BCUT2D eigenvalue weighted by molar-refractivity contribution is 5.78. The van der Waals surface area contributed by atoms with Gasteiger partial charge in [0.2, 0.25) is 0 Å². The van der Waals surface area contributed by atoms with Crippen LogP contribution in [0.4, 0.5) is 5.69 Å². The molecule has 1 fully saturated rings. The average Bonchev–Trinajstić information content (AvgIpc) is 2.71. The number of fused-ring (bicyclic) bond motifs is 1. The lowest BCUT2D eigenvalue weighted by atomic mass is 10.1. The van der Waals surface area contributed by atoms with Crippen LogP contribution in [0.15, 0.2) is 52.2 Å². The third-order valence-electron chi connectivity index (χ3n) is 5.13. The summed E-state index contributed by atoms with van der Waals surface area (Å²) in [4.78, 5) is 29.7. The highest BCUT2D eigenvalue weighted by Crippen LogP contribution is 2.24. The number of rotatable bonds is 3. The first-order chi connectivity index (χ1) is 13.2. The molecule has 0 radical (unpaired) electrons. The number of hydrogen-bond donors (Lipinski definition) is 1. The molecule has 1 aliphatic rings. The quantitative estimate of drug-likeness (QED) is 0.778. The van der Waals surface area contributed by atoms with Gasteiger partial charge in [0.25, 0.3) is 11.1 Å². The van der Waals surface area contributed by atoms with Crippen molar-refractivity contribution in [1.82, 2.24) is 9.55 Å². The molecule has 6 heteroatoms. The highest BCUT2D eigenvalue weighted by Gasteiger charge is 2.15. The Morgan fingerprint density at radius 2 is 1.85 bits per heavy atom.